The minimum absolute atomic E-state index is 0.379. The summed E-state index contributed by atoms with van der Waals surface area (Å²) >= 11 is 1.81. The third kappa shape index (κ3) is 5.84. The van der Waals surface area contributed by atoms with Crippen LogP contribution in [-0.4, -0.2) is 18.3 Å². The zero-order valence-corrected chi connectivity index (χ0v) is 44.4. The van der Waals surface area contributed by atoms with Gasteiger partial charge in [0.15, 0.2) is 5.58 Å². The van der Waals surface area contributed by atoms with E-state index in [1.54, 1.807) is 0 Å². The fraction of sp³-hybridized carbons (Fsp3) is 0. The van der Waals surface area contributed by atoms with Crippen molar-refractivity contribution in [1.82, 2.24) is 18.3 Å². The number of hydrogen-bond donors (Lipinski definition) is 0. The van der Waals surface area contributed by atoms with Gasteiger partial charge in [0.05, 0.1) is 66.9 Å². The van der Waals surface area contributed by atoms with Gasteiger partial charge in [0.1, 0.15) is 28.8 Å². The predicted octanol–water partition coefficient (Wildman–Crippen LogP) is 19.8. The van der Waals surface area contributed by atoms with Gasteiger partial charge in [0, 0.05) is 74.0 Å². The summed E-state index contributed by atoms with van der Waals surface area (Å²) in [6.07, 6.45) is 0. The molecule has 6 heterocycles. The molecule has 8 heteroatoms. The number of nitriles is 2. The van der Waals surface area contributed by atoms with Gasteiger partial charge in [-0.05, 0) is 83.9 Å². The molecule has 6 aromatic heterocycles. The smallest absolute Gasteiger partial charge is 0.160 e. The highest BCUT2D eigenvalue weighted by Crippen LogP contribution is 2.51. The van der Waals surface area contributed by atoms with Crippen molar-refractivity contribution in [3.8, 4) is 46.0 Å². The Kier molecular flexibility index (Phi) is 9.11. The highest BCUT2D eigenvalue weighted by molar-refractivity contribution is 7.26. The van der Waals surface area contributed by atoms with Crippen LogP contribution in [0.4, 0.5) is 0 Å². The van der Waals surface area contributed by atoms with Gasteiger partial charge in [-0.3, -0.25) is 0 Å². The lowest BCUT2D eigenvalue weighted by molar-refractivity contribution is 0.671. The lowest BCUT2D eigenvalue weighted by Crippen LogP contribution is -2.16. The van der Waals surface area contributed by atoms with Gasteiger partial charge in [-0.2, -0.15) is 10.5 Å². The molecule has 0 atom stereocenters. The van der Waals surface area contributed by atoms with Crippen molar-refractivity contribution in [3.63, 3.8) is 0 Å². The number of nitrogens with zero attached hydrogens (tertiary/aromatic N) is 6. The maximum absolute atomic E-state index is 12.9. The van der Waals surface area contributed by atoms with Crippen LogP contribution in [0.25, 0.3) is 163 Å². The third-order valence-corrected chi connectivity index (χ3v) is 18.4. The highest BCUT2D eigenvalue weighted by atomic mass is 32.1. The first-order chi connectivity index (χ1) is 40.7. The van der Waals surface area contributed by atoms with E-state index >= 15 is 0 Å². The number of benzene rings is 12. The number of rotatable bonds is 5. The monoisotopic (exact) mass is 1060 g/mol. The van der Waals surface area contributed by atoms with Crippen LogP contribution in [0.3, 0.4) is 0 Å². The number of aromatic nitrogens is 4. The Morgan fingerprint density at radius 3 is 1.22 bits per heavy atom. The molecular formula is C74H40N6OS. The molecule has 18 aromatic rings. The molecule has 18 rings (SSSR count). The molecule has 0 aliphatic heterocycles. The Morgan fingerprint density at radius 1 is 0.317 bits per heavy atom. The lowest BCUT2D eigenvalue weighted by Gasteiger charge is -2.27. The molecule has 12 aromatic carbocycles. The number of furan rings is 1. The minimum Gasteiger partial charge on any atom is -0.454 e. The molecule has 378 valence electrons. The average Bonchev–Trinajstić information content (AvgIpc) is 2.10. The maximum atomic E-state index is 12.9. The molecule has 0 spiro atoms. The Labute approximate surface area is 471 Å². The molecule has 0 amide bonds. The van der Waals surface area contributed by atoms with Gasteiger partial charge < -0.3 is 22.7 Å². The lowest BCUT2D eigenvalue weighted by atomic mass is 9.97. The molecule has 0 radical (unpaired) electrons. The summed E-state index contributed by atoms with van der Waals surface area (Å²) in [6.45, 7) is 0. The van der Waals surface area contributed by atoms with Crippen LogP contribution in [0.15, 0.2) is 247 Å². The van der Waals surface area contributed by atoms with Crippen molar-refractivity contribution in [2.45, 2.75) is 0 Å². The van der Waals surface area contributed by atoms with Crippen molar-refractivity contribution in [1.29, 1.82) is 10.5 Å². The Hall–Kier alpha value is -11.2. The number of thiophene rings is 1. The first-order valence-corrected chi connectivity index (χ1v) is 28.3. The summed E-state index contributed by atoms with van der Waals surface area (Å²) in [5.74, 6) is 0. The van der Waals surface area contributed by atoms with Gasteiger partial charge in [0.25, 0.3) is 0 Å². The largest absolute Gasteiger partial charge is 0.454 e. The fourth-order valence-corrected chi connectivity index (χ4v) is 15.1. The molecule has 0 fully saturated rings. The second kappa shape index (κ2) is 16.7. The Bertz CT molecular complexity index is 5780. The maximum Gasteiger partial charge on any atom is 0.160 e. The fourth-order valence-electron chi connectivity index (χ4n) is 14.0. The van der Waals surface area contributed by atoms with Crippen molar-refractivity contribution in [2.75, 3.05) is 0 Å². The Balaban J connectivity index is 1.12. The molecule has 0 N–H and O–H groups in total. The molecule has 82 heavy (non-hydrogen) atoms. The van der Waals surface area contributed by atoms with Crippen molar-refractivity contribution >= 4 is 141 Å². The van der Waals surface area contributed by atoms with E-state index in [-0.39, 0.29) is 0 Å². The quantitative estimate of drug-likeness (QED) is 0.172. The van der Waals surface area contributed by atoms with E-state index in [1.807, 2.05) is 23.5 Å². The summed E-state index contributed by atoms with van der Waals surface area (Å²) in [6, 6.07) is 91.1. The van der Waals surface area contributed by atoms with Crippen LogP contribution in [0.1, 0.15) is 11.1 Å². The minimum atomic E-state index is 0.379. The zero-order chi connectivity index (χ0) is 53.9. The first kappa shape index (κ1) is 44.8. The summed E-state index contributed by atoms with van der Waals surface area (Å²) < 4.78 is 18.7. The highest BCUT2D eigenvalue weighted by Gasteiger charge is 2.35. The molecular weight excluding hydrogens is 1020 g/mol. The number of para-hydroxylation sites is 7. The number of fused-ring (bicyclic) bond motifs is 19. The van der Waals surface area contributed by atoms with Gasteiger partial charge in [-0.1, -0.05) is 170 Å². The normalized spacial score (nSPS) is 12.1. The standard InChI is InChI=1S/C74H40N6OS/c75-41-56-69(77-58-27-9-1-18-45(58)46-19-2-10-28-59(46)77)70(78-60-29-11-3-20-47(60)48-21-4-12-30-61(48)78)57(42-76)72(71(56)79-62-31-13-5-22-49(62)50-23-6-14-32-63(50)79)80-64-39-36-43(44-26-17-35-67-68(44)54-25-8-16-34-66(54)82-67)40-55(64)52-37-38-53-51-24-7-15-33-65(51)81-74(53)73(52)80/h1-40H. The van der Waals surface area contributed by atoms with Crippen molar-refractivity contribution in [3.05, 3.63) is 254 Å². The van der Waals surface area contributed by atoms with E-state index < -0.39 is 0 Å². The van der Waals surface area contributed by atoms with Crippen molar-refractivity contribution in [2.24, 2.45) is 0 Å². The SMILES string of the molecule is N#Cc1c(-n2c3ccccc3c3ccccc32)c(-n2c3ccccc3c3ccccc32)c(C#N)c(-n2c3ccc(-c4cccc5sc6ccccc6c45)cc3c3ccc4c5ccccc5oc4c32)c1-n1c2ccccc2c2ccccc21. The van der Waals surface area contributed by atoms with Gasteiger partial charge in [-0.15, -0.1) is 11.3 Å². The molecule has 0 aliphatic rings. The molecule has 0 saturated carbocycles. The van der Waals surface area contributed by atoms with Crippen LogP contribution in [-0.2, 0) is 0 Å². The zero-order valence-electron chi connectivity index (χ0n) is 43.6. The van der Waals surface area contributed by atoms with E-state index in [0.717, 1.165) is 115 Å². The van der Waals surface area contributed by atoms with Crippen molar-refractivity contribution < 1.29 is 4.42 Å². The molecule has 0 unspecified atom stereocenters. The van der Waals surface area contributed by atoms with E-state index in [0.29, 0.717) is 39.5 Å². The van der Waals surface area contributed by atoms with E-state index in [1.165, 1.54) is 20.2 Å². The van der Waals surface area contributed by atoms with Crippen LogP contribution in [0.5, 0.6) is 0 Å². The van der Waals surface area contributed by atoms with E-state index in [4.69, 9.17) is 4.42 Å². The average molecular weight is 1060 g/mol. The van der Waals surface area contributed by atoms with Crippen LogP contribution in [0.2, 0.25) is 0 Å². The van der Waals surface area contributed by atoms with Gasteiger partial charge in [0.2, 0.25) is 0 Å². The second-order valence-corrected chi connectivity index (χ2v) is 22.3. The molecule has 0 aliphatic carbocycles. The van der Waals surface area contributed by atoms with Crippen LogP contribution < -0.4 is 0 Å². The summed E-state index contributed by atoms with van der Waals surface area (Å²) in [7, 11) is 0. The van der Waals surface area contributed by atoms with Crippen LogP contribution in [0, 0.1) is 22.7 Å². The summed E-state index contributed by atoms with van der Waals surface area (Å²) in [4.78, 5) is 0. The van der Waals surface area contributed by atoms with E-state index in [9.17, 15) is 10.5 Å². The topological polar surface area (TPSA) is 80.4 Å². The molecule has 0 saturated heterocycles. The molecule has 0 bridgehead atoms. The summed E-state index contributed by atoms with van der Waals surface area (Å²) in [5.41, 5.74) is 13.8. The molecule has 7 nitrogen and oxygen atoms in total. The van der Waals surface area contributed by atoms with Crippen LogP contribution >= 0.6 is 11.3 Å². The van der Waals surface area contributed by atoms with Gasteiger partial charge >= 0.3 is 0 Å². The summed E-state index contributed by atoms with van der Waals surface area (Å²) in [5, 5.41) is 38.3. The second-order valence-electron chi connectivity index (χ2n) is 21.3. The van der Waals surface area contributed by atoms with E-state index in [2.05, 4.69) is 261 Å². The predicted molar refractivity (Wildman–Crippen MR) is 339 cm³/mol. The number of hydrogen-bond acceptors (Lipinski definition) is 4. The third-order valence-electron chi connectivity index (χ3n) is 17.2. The van der Waals surface area contributed by atoms with Gasteiger partial charge in [-0.25, -0.2) is 0 Å². The first-order valence-electron chi connectivity index (χ1n) is 27.5. The Morgan fingerprint density at radius 2 is 0.720 bits per heavy atom.